The smallest absolute Gasteiger partial charge is 0.255 e. The summed E-state index contributed by atoms with van der Waals surface area (Å²) in [5, 5.41) is 7.42. The fraction of sp³-hybridized carbons (Fsp3) is 0.192. The summed E-state index contributed by atoms with van der Waals surface area (Å²) in [6.07, 6.45) is 5.53. The van der Waals surface area contributed by atoms with Crippen LogP contribution >= 0.6 is 11.6 Å². The van der Waals surface area contributed by atoms with Gasteiger partial charge in [0.2, 0.25) is 0 Å². The van der Waals surface area contributed by atoms with Gasteiger partial charge in [-0.2, -0.15) is 0 Å². The molecule has 3 aromatic rings. The summed E-state index contributed by atoms with van der Waals surface area (Å²) in [5.41, 5.74) is 4.87. The number of anilines is 2. The Hall–Kier alpha value is -3.24. The van der Waals surface area contributed by atoms with Crippen LogP contribution in [-0.2, 0) is 0 Å². The average Bonchev–Trinajstić information content (AvgIpc) is 3.30. The molecule has 4 nitrogen and oxygen atoms in total. The van der Waals surface area contributed by atoms with Gasteiger partial charge in [0.05, 0.1) is 13.2 Å². The Morgan fingerprint density at radius 2 is 1.84 bits per heavy atom. The molecule has 1 aliphatic carbocycles. The first kappa shape index (κ1) is 19.7. The first-order valence-corrected chi connectivity index (χ1v) is 10.8. The summed E-state index contributed by atoms with van der Waals surface area (Å²) < 4.78 is 5.17. The predicted molar refractivity (Wildman–Crippen MR) is 125 cm³/mol. The molecule has 0 aromatic heterocycles. The van der Waals surface area contributed by atoms with Crippen molar-refractivity contribution in [3.63, 3.8) is 0 Å². The van der Waals surface area contributed by atoms with Crippen molar-refractivity contribution in [2.75, 3.05) is 17.7 Å². The minimum atomic E-state index is -0.119. The standard InChI is InChI=1S/C26H23ClN2O2/c1-31-20-12-10-19(11-13-20)28-26(30)17-7-14-24-23(15-17)21-3-2-4-22(21)25(29-24)16-5-8-18(27)9-6-16/h2-3,5-15,21-22,25,29H,4H2,1H3,(H,28,30)/t21-,22+,25-/m1/s1. The summed E-state index contributed by atoms with van der Waals surface area (Å²) in [6, 6.07) is 21.5. The lowest BCUT2D eigenvalue weighted by molar-refractivity contribution is 0.102. The van der Waals surface area contributed by atoms with Gasteiger partial charge in [-0.1, -0.05) is 35.9 Å². The molecule has 0 saturated carbocycles. The SMILES string of the molecule is COc1ccc(NC(=O)c2ccc3c(c2)[C@@H]2C=CC[C@@H]2[C@@H](c2ccc(Cl)cc2)N3)cc1. The highest BCUT2D eigenvalue weighted by atomic mass is 35.5. The topological polar surface area (TPSA) is 50.4 Å². The third-order valence-corrected chi connectivity index (χ3v) is 6.45. The third-order valence-electron chi connectivity index (χ3n) is 6.20. The van der Waals surface area contributed by atoms with Gasteiger partial charge >= 0.3 is 0 Å². The lowest BCUT2D eigenvalue weighted by Crippen LogP contribution is -2.29. The molecule has 0 saturated heterocycles. The molecular formula is C26H23ClN2O2. The zero-order valence-electron chi connectivity index (χ0n) is 17.1. The maximum atomic E-state index is 12.9. The molecule has 2 aliphatic rings. The van der Waals surface area contributed by atoms with Crippen LogP contribution in [0.3, 0.4) is 0 Å². The molecule has 0 spiro atoms. The maximum absolute atomic E-state index is 12.9. The van der Waals surface area contributed by atoms with E-state index < -0.39 is 0 Å². The van der Waals surface area contributed by atoms with Crippen LogP contribution in [-0.4, -0.2) is 13.0 Å². The van der Waals surface area contributed by atoms with Crippen LogP contribution in [0.5, 0.6) is 5.75 Å². The second-order valence-corrected chi connectivity index (χ2v) is 8.45. The minimum absolute atomic E-state index is 0.119. The molecule has 2 N–H and O–H groups in total. The molecule has 1 aliphatic heterocycles. The molecule has 0 bridgehead atoms. The summed E-state index contributed by atoms with van der Waals surface area (Å²) in [5.74, 6) is 1.33. The van der Waals surface area contributed by atoms with Crippen molar-refractivity contribution in [3.8, 4) is 5.75 Å². The van der Waals surface area contributed by atoms with Crippen molar-refractivity contribution in [2.45, 2.75) is 18.4 Å². The molecule has 31 heavy (non-hydrogen) atoms. The number of allylic oxidation sites excluding steroid dienone is 2. The number of methoxy groups -OCH3 is 1. The third kappa shape index (κ3) is 3.79. The van der Waals surface area contributed by atoms with Gasteiger partial charge in [-0.3, -0.25) is 4.79 Å². The van der Waals surface area contributed by atoms with Gasteiger partial charge in [0.15, 0.2) is 0 Å². The Balaban J connectivity index is 1.41. The van der Waals surface area contributed by atoms with Crippen LogP contribution in [0.1, 0.15) is 39.9 Å². The van der Waals surface area contributed by atoms with Gasteiger partial charge in [-0.25, -0.2) is 0 Å². The van der Waals surface area contributed by atoms with Gasteiger partial charge in [0, 0.05) is 27.9 Å². The number of fused-ring (bicyclic) bond motifs is 3. The minimum Gasteiger partial charge on any atom is -0.497 e. The monoisotopic (exact) mass is 430 g/mol. The van der Waals surface area contributed by atoms with Crippen molar-refractivity contribution in [3.05, 3.63) is 101 Å². The van der Waals surface area contributed by atoms with Crippen LogP contribution in [0, 0.1) is 5.92 Å². The van der Waals surface area contributed by atoms with E-state index in [0.717, 1.165) is 28.6 Å². The van der Waals surface area contributed by atoms with E-state index in [4.69, 9.17) is 16.3 Å². The van der Waals surface area contributed by atoms with E-state index in [9.17, 15) is 4.79 Å². The van der Waals surface area contributed by atoms with E-state index in [-0.39, 0.29) is 17.9 Å². The van der Waals surface area contributed by atoms with Crippen molar-refractivity contribution in [1.29, 1.82) is 0 Å². The normalized spacial score (nSPS) is 21.0. The molecule has 5 heteroatoms. The number of carbonyl (C=O) groups excluding carboxylic acids is 1. The number of rotatable bonds is 4. The Bertz CT molecular complexity index is 1140. The number of halogens is 1. The summed E-state index contributed by atoms with van der Waals surface area (Å²) in [4.78, 5) is 12.9. The van der Waals surface area contributed by atoms with Crippen LogP contribution < -0.4 is 15.4 Å². The lowest BCUT2D eigenvalue weighted by atomic mass is 9.76. The highest BCUT2D eigenvalue weighted by molar-refractivity contribution is 6.30. The highest BCUT2D eigenvalue weighted by Crippen LogP contribution is 2.50. The molecule has 0 unspecified atom stereocenters. The second-order valence-electron chi connectivity index (χ2n) is 8.01. The van der Waals surface area contributed by atoms with Crippen LogP contribution in [0.2, 0.25) is 5.02 Å². The van der Waals surface area contributed by atoms with Gasteiger partial charge < -0.3 is 15.4 Å². The van der Waals surface area contributed by atoms with Crippen LogP contribution in [0.15, 0.2) is 78.9 Å². The Kier molecular flexibility index (Phi) is 5.16. The molecule has 3 aromatic carbocycles. The van der Waals surface area contributed by atoms with Crippen molar-refractivity contribution in [2.24, 2.45) is 5.92 Å². The number of ether oxygens (including phenoxy) is 1. The van der Waals surface area contributed by atoms with Gasteiger partial charge in [-0.05, 0) is 78.1 Å². The van der Waals surface area contributed by atoms with Gasteiger partial charge in [-0.15, -0.1) is 0 Å². The fourth-order valence-corrected chi connectivity index (χ4v) is 4.74. The van der Waals surface area contributed by atoms with Gasteiger partial charge in [0.1, 0.15) is 5.75 Å². The highest BCUT2D eigenvalue weighted by Gasteiger charge is 2.38. The Morgan fingerprint density at radius 1 is 1.06 bits per heavy atom. The quantitative estimate of drug-likeness (QED) is 0.469. The van der Waals surface area contributed by atoms with Crippen molar-refractivity contribution < 1.29 is 9.53 Å². The largest absolute Gasteiger partial charge is 0.497 e. The average molecular weight is 431 g/mol. The first-order chi connectivity index (χ1) is 15.1. The van der Waals surface area contributed by atoms with Crippen molar-refractivity contribution >= 4 is 28.9 Å². The molecular weight excluding hydrogens is 408 g/mol. The second kappa shape index (κ2) is 8.12. The zero-order chi connectivity index (χ0) is 21.4. The number of carbonyl (C=O) groups is 1. The number of hydrogen-bond acceptors (Lipinski definition) is 3. The van der Waals surface area contributed by atoms with E-state index in [0.29, 0.717) is 11.5 Å². The van der Waals surface area contributed by atoms with E-state index in [1.165, 1.54) is 11.1 Å². The van der Waals surface area contributed by atoms with E-state index in [1.54, 1.807) is 7.11 Å². The van der Waals surface area contributed by atoms with Gasteiger partial charge in [0.25, 0.3) is 5.91 Å². The molecule has 3 atom stereocenters. The number of hydrogen-bond donors (Lipinski definition) is 2. The predicted octanol–water partition coefficient (Wildman–Crippen LogP) is 6.43. The molecule has 156 valence electrons. The molecule has 5 rings (SSSR count). The van der Waals surface area contributed by atoms with Crippen LogP contribution in [0.4, 0.5) is 11.4 Å². The number of nitrogens with one attached hydrogen (secondary N) is 2. The number of amides is 1. The summed E-state index contributed by atoms with van der Waals surface area (Å²) >= 11 is 6.09. The number of benzene rings is 3. The maximum Gasteiger partial charge on any atom is 0.255 e. The summed E-state index contributed by atoms with van der Waals surface area (Å²) in [6.45, 7) is 0. The van der Waals surface area contributed by atoms with E-state index in [1.807, 2.05) is 54.6 Å². The zero-order valence-corrected chi connectivity index (χ0v) is 17.9. The molecule has 0 fully saturated rings. The fourth-order valence-electron chi connectivity index (χ4n) is 4.61. The molecule has 1 heterocycles. The molecule has 1 amide bonds. The van der Waals surface area contributed by atoms with E-state index >= 15 is 0 Å². The Morgan fingerprint density at radius 3 is 2.58 bits per heavy atom. The molecule has 0 radical (unpaired) electrons. The van der Waals surface area contributed by atoms with Crippen molar-refractivity contribution in [1.82, 2.24) is 0 Å². The van der Waals surface area contributed by atoms with Crippen LogP contribution in [0.25, 0.3) is 0 Å². The summed E-state index contributed by atoms with van der Waals surface area (Å²) in [7, 11) is 1.62. The Labute approximate surface area is 186 Å². The van der Waals surface area contributed by atoms with E-state index in [2.05, 4.69) is 34.9 Å². The lowest BCUT2D eigenvalue weighted by Gasteiger charge is -2.37. The first-order valence-electron chi connectivity index (χ1n) is 10.4.